The Labute approximate surface area is 132 Å². The summed E-state index contributed by atoms with van der Waals surface area (Å²) in [6, 6.07) is 0. The zero-order valence-electron chi connectivity index (χ0n) is 13.2. The lowest BCUT2D eigenvalue weighted by atomic mass is 10.2. The van der Waals surface area contributed by atoms with Gasteiger partial charge in [0.15, 0.2) is 5.12 Å². The molecule has 2 heterocycles. The van der Waals surface area contributed by atoms with E-state index in [0.717, 1.165) is 58.7 Å². The molecule has 2 saturated heterocycles. The van der Waals surface area contributed by atoms with Crippen molar-refractivity contribution < 1.29 is 9.59 Å². The quantitative estimate of drug-likeness (QED) is 0.682. The van der Waals surface area contributed by atoms with Crippen molar-refractivity contribution in [1.82, 2.24) is 14.7 Å². The first-order valence-electron chi connectivity index (χ1n) is 7.90. The van der Waals surface area contributed by atoms with Gasteiger partial charge in [-0.1, -0.05) is 11.8 Å². The summed E-state index contributed by atoms with van der Waals surface area (Å²) in [7, 11) is 2.17. The summed E-state index contributed by atoms with van der Waals surface area (Å²) in [4.78, 5) is 29.8. The van der Waals surface area contributed by atoms with Crippen LogP contribution in [0.4, 0.5) is 0 Å². The van der Waals surface area contributed by atoms with Crippen molar-refractivity contribution in [2.45, 2.75) is 31.4 Å². The van der Waals surface area contributed by atoms with E-state index in [4.69, 9.17) is 0 Å². The van der Waals surface area contributed by atoms with Crippen LogP contribution in [-0.2, 0) is 9.59 Å². The highest BCUT2D eigenvalue weighted by atomic mass is 32.2. The fourth-order valence-electron chi connectivity index (χ4n) is 2.98. The van der Waals surface area contributed by atoms with Crippen LogP contribution in [0.25, 0.3) is 0 Å². The van der Waals surface area contributed by atoms with Gasteiger partial charge in [-0.25, -0.2) is 0 Å². The molecule has 0 aliphatic carbocycles. The first-order chi connectivity index (χ1) is 10.0. The largest absolute Gasteiger partial charge is 0.342 e. The molecule has 0 aromatic heterocycles. The Morgan fingerprint density at radius 1 is 1.19 bits per heavy atom. The number of hydrogen-bond acceptors (Lipinski definition) is 5. The Kier molecular flexibility index (Phi) is 6.51. The number of likely N-dealkylation sites (N-methyl/N-ethyl adjacent to an activating group) is 1. The molecule has 2 rings (SSSR count). The van der Waals surface area contributed by atoms with Crippen LogP contribution < -0.4 is 0 Å². The molecule has 0 N–H and O–H groups in total. The Morgan fingerprint density at radius 3 is 2.52 bits per heavy atom. The van der Waals surface area contributed by atoms with E-state index in [1.165, 1.54) is 11.8 Å². The van der Waals surface area contributed by atoms with Crippen molar-refractivity contribution in [3.8, 4) is 0 Å². The molecule has 120 valence electrons. The Morgan fingerprint density at radius 2 is 1.86 bits per heavy atom. The lowest BCUT2D eigenvalue weighted by Gasteiger charge is -2.32. The van der Waals surface area contributed by atoms with Gasteiger partial charge in [-0.15, -0.1) is 0 Å². The maximum absolute atomic E-state index is 11.9. The second-order valence-electron chi connectivity index (χ2n) is 6.13. The van der Waals surface area contributed by atoms with Gasteiger partial charge in [0.2, 0.25) is 5.91 Å². The van der Waals surface area contributed by atoms with Crippen molar-refractivity contribution in [2.24, 2.45) is 0 Å². The van der Waals surface area contributed by atoms with Crippen molar-refractivity contribution in [2.75, 3.05) is 52.9 Å². The SMILES string of the molecule is CC(=O)SC1CC(=O)N(CCCCN2CCN(C)CC2)C1. The lowest BCUT2D eigenvalue weighted by molar-refractivity contribution is -0.127. The van der Waals surface area contributed by atoms with Crippen LogP contribution in [-0.4, -0.2) is 83.8 Å². The molecule has 0 bridgehead atoms. The first-order valence-corrected chi connectivity index (χ1v) is 8.78. The average molecular weight is 313 g/mol. The van der Waals surface area contributed by atoms with E-state index in [1.54, 1.807) is 6.92 Å². The van der Waals surface area contributed by atoms with Gasteiger partial charge in [-0.05, 0) is 26.4 Å². The van der Waals surface area contributed by atoms with Crippen LogP contribution >= 0.6 is 11.8 Å². The van der Waals surface area contributed by atoms with E-state index < -0.39 is 0 Å². The third kappa shape index (κ3) is 5.60. The minimum atomic E-state index is 0.115. The van der Waals surface area contributed by atoms with Gasteiger partial charge in [0.25, 0.3) is 0 Å². The number of amides is 1. The predicted octanol–water partition coefficient (Wildman–Crippen LogP) is 0.895. The molecule has 21 heavy (non-hydrogen) atoms. The number of unbranched alkanes of at least 4 members (excludes halogenated alkanes) is 1. The predicted molar refractivity (Wildman–Crippen MR) is 86.4 cm³/mol. The van der Waals surface area contributed by atoms with Gasteiger partial charge in [0, 0.05) is 57.9 Å². The average Bonchev–Trinajstić information content (AvgIpc) is 2.76. The third-order valence-electron chi connectivity index (χ3n) is 4.26. The van der Waals surface area contributed by atoms with Crippen molar-refractivity contribution in [3.63, 3.8) is 0 Å². The molecule has 1 atom stereocenters. The molecule has 2 aliphatic heterocycles. The van der Waals surface area contributed by atoms with Crippen LogP contribution in [0.3, 0.4) is 0 Å². The van der Waals surface area contributed by atoms with Crippen LogP contribution in [0, 0.1) is 0 Å². The van der Waals surface area contributed by atoms with Gasteiger partial charge < -0.3 is 14.7 Å². The number of likely N-dealkylation sites (tertiary alicyclic amines) is 1. The van der Waals surface area contributed by atoms with Gasteiger partial charge in [-0.2, -0.15) is 0 Å². The molecule has 2 aliphatic rings. The number of piperazine rings is 1. The van der Waals surface area contributed by atoms with E-state index in [9.17, 15) is 9.59 Å². The Balaban J connectivity index is 1.58. The second kappa shape index (κ2) is 8.15. The molecule has 0 aromatic rings. The summed E-state index contributed by atoms with van der Waals surface area (Å²) in [5.41, 5.74) is 0. The number of thioether (sulfide) groups is 1. The highest BCUT2D eigenvalue weighted by Crippen LogP contribution is 2.24. The molecule has 2 fully saturated rings. The summed E-state index contributed by atoms with van der Waals surface area (Å²) in [5, 5.41) is 0.289. The van der Waals surface area contributed by atoms with Crippen molar-refractivity contribution in [3.05, 3.63) is 0 Å². The third-order valence-corrected chi connectivity index (χ3v) is 5.24. The first kappa shape index (κ1) is 16.8. The topological polar surface area (TPSA) is 43.9 Å². The summed E-state index contributed by atoms with van der Waals surface area (Å²) in [5.74, 6) is 0.216. The van der Waals surface area contributed by atoms with E-state index in [1.807, 2.05) is 4.90 Å². The number of carbonyl (C=O) groups excluding carboxylic acids is 2. The normalized spacial score (nSPS) is 24.8. The standard InChI is InChI=1S/C15H27N3O2S/c1-13(19)21-14-11-15(20)18(12-14)6-4-3-5-17-9-7-16(2)8-10-17/h14H,3-12H2,1-2H3. The van der Waals surface area contributed by atoms with E-state index in [0.29, 0.717) is 6.42 Å². The van der Waals surface area contributed by atoms with Gasteiger partial charge in [0.05, 0.1) is 0 Å². The van der Waals surface area contributed by atoms with Crippen LogP contribution in [0.5, 0.6) is 0 Å². The zero-order valence-corrected chi connectivity index (χ0v) is 14.0. The lowest BCUT2D eigenvalue weighted by Crippen LogP contribution is -2.44. The van der Waals surface area contributed by atoms with Gasteiger partial charge in [-0.3, -0.25) is 9.59 Å². The van der Waals surface area contributed by atoms with Crippen LogP contribution in [0.2, 0.25) is 0 Å². The molecule has 6 heteroatoms. The smallest absolute Gasteiger partial charge is 0.223 e. The maximum atomic E-state index is 11.9. The van der Waals surface area contributed by atoms with E-state index in [2.05, 4.69) is 16.8 Å². The van der Waals surface area contributed by atoms with Crippen LogP contribution in [0.1, 0.15) is 26.2 Å². The van der Waals surface area contributed by atoms with E-state index in [-0.39, 0.29) is 16.3 Å². The number of rotatable bonds is 6. The monoisotopic (exact) mass is 313 g/mol. The minimum absolute atomic E-state index is 0.115. The highest BCUT2D eigenvalue weighted by Gasteiger charge is 2.30. The molecule has 0 saturated carbocycles. The maximum Gasteiger partial charge on any atom is 0.223 e. The number of carbonyl (C=O) groups is 2. The summed E-state index contributed by atoms with van der Waals surface area (Å²) >= 11 is 1.32. The Hall–Kier alpha value is -0.590. The highest BCUT2D eigenvalue weighted by molar-refractivity contribution is 8.14. The summed E-state index contributed by atoms with van der Waals surface area (Å²) in [6.45, 7) is 8.96. The zero-order chi connectivity index (χ0) is 15.2. The molecule has 1 amide bonds. The summed E-state index contributed by atoms with van der Waals surface area (Å²) in [6.07, 6.45) is 2.75. The molecule has 5 nitrogen and oxygen atoms in total. The second-order valence-corrected chi connectivity index (χ2v) is 7.60. The molecular weight excluding hydrogens is 286 g/mol. The Bertz CT molecular complexity index is 370. The van der Waals surface area contributed by atoms with Crippen LogP contribution in [0.15, 0.2) is 0 Å². The molecule has 0 spiro atoms. The molecule has 1 unspecified atom stereocenters. The summed E-state index contributed by atoms with van der Waals surface area (Å²) < 4.78 is 0. The molecule has 0 aromatic carbocycles. The minimum Gasteiger partial charge on any atom is -0.342 e. The van der Waals surface area contributed by atoms with Gasteiger partial charge >= 0.3 is 0 Å². The van der Waals surface area contributed by atoms with Gasteiger partial charge in [0.1, 0.15) is 0 Å². The van der Waals surface area contributed by atoms with E-state index >= 15 is 0 Å². The fraction of sp³-hybridized carbons (Fsp3) is 0.867. The van der Waals surface area contributed by atoms with Crippen molar-refractivity contribution in [1.29, 1.82) is 0 Å². The number of nitrogens with zero attached hydrogens (tertiary/aromatic N) is 3. The fourth-order valence-corrected chi connectivity index (χ4v) is 3.93. The van der Waals surface area contributed by atoms with Crippen molar-refractivity contribution >= 4 is 22.8 Å². The number of hydrogen-bond donors (Lipinski definition) is 0. The molecule has 0 radical (unpaired) electrons. The molecular formula is C15H27N3O2S.